The molecule has 9 nitrogen and oxygen atoms in total. The third kappa shape index (κ3) is 3.46. The molecule has 1 aromatic heterocycles. The highest BCUT2D eigenvalue weighted by atomic mass is 79.9. The number of nitriles is 2. The van der Waals surface area contributed by atoms with Gasteiger partial charge in [-0.05, 0) is 31.4 Å². The van der Waals surface area contributed by atoms with Gasteiger partial charge in [0.15, 0.2) is 6.19 Å². The number of fused-ring (bicyclic) bond motifs is 1. The SMILES string of the molecule is N#CNC1=NC(c2ccc(Br)cc2N2CCCCC2)c2c(nc(N)c(C#N)c2N)N1. The summed E-state index contributed by atoms with van der Waals surface area (Å²) in [5.41, 5.74) is 15.2. The van der Waals surface area contributed by atoms with Crippen LogP contribution in [-0.2, 0) is 0 Å². The molecule has 0 aliphatic carbocycles. The number of nitrogens with two attached hydrogens (primary N) is 2. The maximum atomic E-state index is 9.51. The lowest BCUT2D eigenvalue weighted by Crippen LogP contribution is -2.34. The second-order valence-electron chi connectivity index (χ2n) is 7.15. The van der Waals surface area contributed by atoms with Gasteiger partial charge in [0.05, 0.1) is 5.69 Å². The molecule has 6 N–H and O–H groups in total. The maximum Gasteiger partial charge on any atom is 0.211 e. The Morgan fingerprint density at radius 1 is 1.20 bits per heavy atom. The quantitative estimate of drug-likeness (QED) is 0.390. The summed E-state index contributed by atoms with van der Waals surface area (Å²) < 4.78 is 0.960. The van der Waals surface area contributed by atoms with E-state index in [0.29, 0.717) is 11.4 Å². The van der Waals surface area contributed by atoms with E-state index in [1.807, 2.05) is 24.4 Å². The third-order valence-corrected chi connectivity index (χ3v) is 5.83. The highest BCUT2D eigenvalue weighted by Crippen LogP contribution is 2.44. The number of anilines is 4. The lowest BCUT2D eigenvalue weighted by molar-refractivity contribution is 0.575. The van der Waals surface area contributed by atoms with E-state index in [-0.39, 0.29) is 23.0 Å². The van der Waals surface area contributed by atoms with Crippen molar-refractivity contribution < 1.29 is 0 Å². The van der Waals surface area contributed by atoms with Crippen LogP contribution in [0.1, 0.15) is 42.0 Å². The molecule has 0 bridgehead atoms. The number of aliphatic imine (C=N–C) groups is 1. The van der Waals surface area contributed by atoms with Crippen LogP contribution in [0.2, 0.25) is 0 Å². The van der Waals surface area contributed by atoms with Gasteiger partial charge < -0.3 is 21.7 Å². The summed E-state index contributed by atoms with van der Waals surface area (Å²) in [6.07, 6.45) is 5.34. The number of nitrogens with one attached hydrogen (secondary N) is 2. The van der Waals surface area contributed by atoms with Crippen molar-refractivity contribution in [3.05, 3.63) is 39.4 Å². The topological polar surface area (TPSA) is 152 Å². The van der Waals surface area contributed by atoms with Crippen molar-refractivity contribution in [2.45, 2.75) is 25.3 Å². The molecule has 1 unspecified atom stereocenters. The van der Waals surface area contributed by atoms with Crippen LogP contribution in [-0.4, -0.2) is 24.0 Å². The lowest BCUT2D eigenvalue weighted by Gasteiger charge is -2.33. The minimum Gasteiger partial charge on any atom is -0.397 e. The van der Waals surface area contributed by atoms with Crippen LogP contribution in [0, 0.1) is 22.8 Å². The molecule has 1 aromatic carbocycles. The van der Waals surface area contributed by atoms with Crippen molar-refractivity contribution in [3.63, 3.8) is 0 Å². The Labute approximate surface area is 182 Å². The molecular weight excluding hydrogens is 446 g/mol. The molecule has 1 atom stereocenters. The molecule has 4 rings (SSSR count). The van der Waals surface area contributed by atoms with Gasteiger partial charge in [0.2, 0.25) is 5.96 Å². The van der Waals surface area contributed by atoms with E-state index < -0.39 is 6.04 Å². The van der Waals surface area contributed by atoms with Gasteiger partial charge in [-0.15, -0.1) is 0 Å². The third-order valence-electron chi connectivity index (χ3n) is 5.34. The summed E-state index contributed by atoms with van der Waals surface area (Å²) in [6.45, 7) is 1.90. The number of hydrogen-bond donors (Lipinski definition) is 4. The first kappa shape index (κ1) is 19.8. The molecule has 2 aliphatic heterocycles. The Morgan fingerprint density at radius 3 is 2.67 bits per heavy atom. The average Bonchev–Trinajstić information content (AvgIpc) is 2.74. The van der Waals surface area contributed by atoms with Gasteiger partial charge in [-0.3, -0.25) is 5.32 Å². The van der Waals surface area contributed by atoms with Crippen molar-refractivity contribution >= 4 is 44.9 Å². The fraction of sp³-hybridized carbons (Fsp3) is 0.300. The van der Waals surface area contributed by atoms with Crippen molar-refractivity contribution in [1.29, 1.82) is 10.5 Å². The second kappa shape index (κ2) is 8.09. The fourth-order valence-corrected chi connectivity index (χ4v) is 4.31. The molecule has 3 heterocycles. The Bertz CT molecular complexity index is 1110. The molecule has 0 radical (unpaired) electrons. The Morgan fingerprint density at radius 2 is 1.97 bits per heavy atom. The first-order valence-electron chi connectivity index (χ1n) is 9.56. The van der Waals surface area contributed by atoms with Crippen LogP contribution in [0.15, 0.2) is 27.7 Å². The zero-order valence-corrected chi connectivity index (χ0v) is 17.7. The summed E-state index contributed by atoms with van der Waals surface area (Å²) in [5.74, 6) is 0.665. The summed E-state index contributed by atoms with van der Waals surface area (Å²) in [4.78, 5) is 11.4. The van der Waals surface area contributed by atoms with Crippen LogP contribution in [0.4, 0.5) is 23.0 Å². The number of aromatic nitrogens is 1. The number of nitrogen functional groups attached to an aromatic ring is 2. The van der Waals surface area contributed by atoms with Gasteiger partial charge >= 0.3 is 0 Å². The second-order valence-corrected chi connectivity index (χ2v) is 8.07. The molecule has 2 aliphatic rings. The normalized spacial score (nSPS) is 17.8. The molecule has 1 saturated heterocycles. The van der Waals surface area contributed by atoms with Crippen LogP contribution in [0.5, 0.6) is 0 Å². The van der Waals surface area contributed by atoms with Crippen LogP contribution in [0.3, 0.4) is 0 Å². The molecular formula is C20H20BrN9. The average molecular weight is 466 g/mol. The molecule has 1 fully saturated rings. The van der Waals surface area contributed by atoms with Crippen LogP contribution < -0.4 is 27.0 Å². The zero-order chi connectivity index (χ0) is 21.3. The number of nitrogens with zero attached hydrogens (tertiary/aromatic N) is 5. The zero-order valence-electron chi connectivity index (χ0n) is 16.1. The van der Waals surface area contributed by atoms with Crippen molar-refractivity contribution in [3.8, 4) is 12.3 Å². The molecule has 2 aromatic rings. The molecule has 152 valence electrons. The van der Waals surface area contributed by atoms with Crippen LogP contribution in [0.25, 0.3) is 0 Å². The van der Waals surface area contributed by atoms with Crippen molar-refractivity contribution in [1.82, 2.24) is 10.3 Å². The number of halogens is 1. The number of guanidine groups is 1. The van der Waals surface area contributed by atoms with Gasteiger partial charge in [0.25, 0.3) is 0 Å². The monoisotopic (exact) mass is 465 g/mol. The van der Waals surface area contributed by atoms with E-state index in [1.54, 1.807) is 0 Å². The van der Waals surface area contributed by atoms with E-state index in [1.165, 1.54) is 6.42 Å². The highest BCUT2D eigenvalue weighted by molar-refractivity contribution is 9.10. The van der Waals surface area contributed by atoms with E-state index in [9.17, 15) is 5.26 Å². The van der Waals surface area contributed by atoms with Crippen molar-refractivity contribution in [2.75, 3.05) is 34.8 Å². The number of piperidine rings is 1. The number of pyridine rings is 1. The first-order valence-corrected chi connectivity index (χ1v) is 10.4. The largest absolute Gasteiger partial charge is 0.397 e. The molecule has 30 heavy (non-hydrogen) atoms. The standard InChI is InChI=1S/C20H20BrN9/c21-11-4-5-12(14(8-11)30-6-2-1-3-7-30)17-15-16(24)13(9-22)18(25)28-19(15)29-20(27-17)26-10-23/h4-5,8,17H,1-3,6-7H2,(H6,24,25,26,27,28,29). The Hall–Kier alpha value is -3.50. The smallest absolute Gasteiger partial charge is 0.211 e. The number of hydrogen-bond acceptors (Lipinski definition) is 9. The van der Waals surface area contributed by atoms with E-state index in [2.05, 4.69) is 42.5 Å². The summed E-state index contributed by atoms with van der Waals surface area (Å²) in [7, 11) is 0. The first-order chi connectivity index (χ1) is 14.5. The summed E-state index contributed by atoms with van der Waals surface area (Å²) in [5, 5.41) is 24.1. The van der Waals surface area contributed by atoms with Crippen molar-refractivity contribution in [2.24, 2.45) is 4.99 Å². The van der Waals surface area contributed by atoms with Gasteiger partial charge in [-0.25, -0.2) is 9.98 Å². The molecule has 0 spiro atoms. The van der Waals surface area contributed by atoms with Gasteiger partial charge in [-0.1, -0.05) is 22.0 Å². The van der Waals surface area contributed by atoms with Crippen LogP contribution >= 0.6 is 15.9 Å². The van der Waals surface area contributed by atoms with E-state index in [4.69, 9.17) is 21.7 Å². The van der Waals surface area contributed by atoms with Gasteiger partial charge in [0, 0.05) is 34.4 Å². The molecule has 0 amide bonds. The Balaban J connectivity index is 1.93. The highest BCUT2D eigenvalue weighted by Gasteiger charge is 2.32. The Kier molecular flexibility index (Phi) is 5.34. The fourth-order valence-electron chi connectivity index (χ4n) is 3.96. The summed E-state index contributed by atoms with van der Waals surface area (Å²) >= 11 is 3.58. The number of benzene rings is 1. The van der Waals surface area contributed by atoms with Gasteiger partial charge in [0.1, 0.15) is 29.3 Å². The van der Waals surface area contributed by atoms with E-state index >= 15 is 0 Å². The number of rotatable bonds is 2. The summed E-state index contributed by atoms with van der Waals surface area (Å²) in [6, 6.07) is 7.49. The predicted octanol–water partition coefficient (Wildman–Crippen LogP) is 2.81. The lowest BCUT2D eigenvalue weighted by atomic mass is 9.93. The predicted molar refractivity (Wildman–Crippen MR) is 120 cm³/mol. The van der Waals surface area contributed by atoms with Gasteiger partial charge in [-0.2, -0.15) is 10.5 Å². The minimum absolute atomic E-state index is 0.0327. The molecule has 0 saturated carbocycles. The minimum atomic E-state index is -0.553. The molecule has 10 heteroatoms. The van der Waals surface area contributed by atoms with E-state index in [0.717, 1.165) is 41.7 Å². The maximum absolute atomic E-state index is 9.51.